The molecule has 4 aromatic rings. The van der Waals surface area contributed by atoms with Crippen LogP contribution in [0, 0.1) is 0 Å². The maximum absolute atomic E-state index is 12.4. The quantitative estimate of drug-likeness (QED) is 0.190. The van der Waals surface area contributed by atoms with E-state index >= 15 is 0 Å². The molecule has 222 valence electrons. The van der Waals surface area contributed by atoms with Crippen molar-refractivity contribution in [1.82, 2.24) is 29.4 Å². The molecule has 42 heavy (non-hydrogen) atoms. The average Bonchev–Trinajstić information content (AvgIpc) is 3.44. The average molecular weight is 585 g/mol. The van der Waals surface area contributed by atoms with Gasteiger partial charge in [0.1, 0.15) is 12.1 Å². The lowest BCUT2D eigenvalue weighted by atomic mass is 10.0. The first-order valence-electron chi connectivity index (χ1n) is 12.7. The molecular weight excluding hydrogens is 556 g/mol. The van der Waals surface area contributed by atoms with Gasteiger partial charge in [0.15, 0.2) is 24.0 Å². The van der Waals surface area contributed by atoms with Crippen LogP contribution in [0.5, 0.6) is 0 Å². The van der Waals surface area contributed by atoms with Crippen LogP contribution in [0.25, 0.3) is 27.8 Å². The molecular formula is C26H28N6O10. The Balaban J connectivity index is 1.93. The minimum atomic E-state index is -1.69. The van der Waals surface area contributed by atoms with Gasteiger partial charge in [-0.15, -0.1) is 10.2 Å². The number of para-hydroxylation sites is 1. The summed E-state index contributed by atoms with van der Waals surface area (Å²) in [7, 11) is 1.81. The molecule has 0 amide bonds. The Morgan fingerprint density at radius 1 is 0.786 bits per heavy atom. The molecule has 0 N–H and O–H groups in total. The summed E-state index contributed by atoms with van der Waals surface area (Å²) in [5.41, 5.74) is 1.81. The number of hydrogen-bond donors (Lipinski definition) is 0. The molecule has 16 nitrogen and oxygen atoms in total. The third kappa shape index (κ3) is 6.26. The van der Waals surface area contributed by atoms with Gasteiger partial charge in [0.25, 0.3) is 5.78 Å². The molecule has 0 saturated heterocycles. The molecule has 0 spiro atoms. The second-order valence-corrected chi connectivity index (χ2v) is 9.26. The van der Waals surface area contributed by atoms with Crippen molar-refractivity contribution < 1.29 is 47.7 Å². The van der Waals surface area contributed by atoms with Crippen LogP contribution in [0.3, 0.4) is 0 Å². The lowest BCUT2D eigenvalue weighted by Crippen LogP contribution is -2.50. The van der Waals surface area contributed by atoms with Gasteiger partial charge < -0.3 is 28.3 Å². The van der Waals surface area contributed by atoms with Crippen molar-refractivity contribution in [3.63, 3.8) is 0 Å². The van der Waals surface area contributed by atoms with Crippen molar-refractivity contribution in [2.75, 3.05) is 6.61 Å². The van der Waals surface area contributed by atoms with Gasteiger partial charge in [-0.25, -0.2) is 0 Å². The summed E-state index contributed by atoms with van der Waals surface area (Å²) >= 11 is 0. The van der Waals surface area contributed by atoms with Crippen molar-refractivity contribution in [2.24, 2.45) is 7.05 Å². The van der Waals surface area contributed by atoms with Gasteiger partial charge in [0, 0.05) is 47.1 Å². The minimum absolute atomic E-state index is 0.0163. The van der Waals surface area contributed by atoms with E-state index in [9.17, 15) is 24.0 Å². The number of ether oxygens (including phenoxy) is 5. The third-order valence-corrected chi connectivity index (χ3v) is 6.01. The van der Waals surface area contributed by atoms with Crippen LogP contribution < -0.4 is 0 Å². The van der Waals surface area contributed by atoms with E-state index in [4.69, 9.17) is 23.7 Å². The molecule has 0 aliphatic carbocycles. The Hall–Kier alpha value is -5.15. The smallest absolute Gasteiger partial charge is 0.303 e. The maximum atomic E-state index is 12.4. The van der Waals surface area contributed by atoms with Gasteiger partial charge in [0.05, 0.1) is 5.52 Å². The van der Waals surface area contributed by atoms with E-state index in [-0.39, 0.29) is 11.6 Å². The molecule has 0 saturated carbocycles. The fraction of sp³-hybridized carbons (Fsp3) is 0.423. The predicted molar refractivity (Wildman–Crippen MR) is 140 cm³/mol. The zero-order valence-electron chi connectivity index (χ0n) is 23.6. The molecule has 16 heteroatoms. The number of aryl methyl sites for hydroxylation is 1. The van der Waals surface area contributed by atoms with E-state index in [1.807, 2.05) is 35.9 Å². The van der Waals surface area contributed by atoms with Crippen LogP contribution >= 0.6 is 0 Å². The monoisotopic (exact) mass is 584 g/mol. The lowest BCUT2D eigenvalue weighted by molar-refractivity contribution is -0.204. The Kier molecular flexibility index (Phi) is 8.63. The van der Waals surface area contributed by atoms with Crippen molar-refractivity contribution in [2.45, 2.75) is 59.0 Å². The first-order valence-corrected chi connectivity index (χ1v) is 12.7. The summed E-state index contributed by atoms with van der Waals surface area (Å²) in [5, 5.41) is 13.6. The van der Waals surface area contributed by atoms with Gasteiger partial charge in [-0.1, -0.05) is 18.2 Å². The van der Waals surface area contributed by atoms with Crippen LogP contribution in [-0.4, -0.2) is 84.1 Å². The first-order chi connectivity index (χ1) is 19.9. The van der Waals surface area contributed by atoms with Crippen molar-refractivity contribution in [1.29, 1.82) is 0 Å². The van der Waals surface area contributed by atoms with E-state index in [2.05, 4.69) is 20.3 Å². The Morgan fingerprint density at radius 2 is 1.40 bits per heavy atom. The maximum Gasteiger partial charge on any atom is 0.303 e. The number of nitrogens with zero attached hydrogens (tertiary/aromatic N) is 6. The number of esters is 5. The molecule has 3 aromatic heterocycles. The third-order valence-electron chi connectivity index (χ3n) is 6.01. The normalized spacial score (nSPS) is 14.1. The summed E-state index contributed by atoms with van der Waals surface area (Å²) < 4.78 is 29.9. The number of hydrogen-bond acceptors (Lipinski definition) is 14. The largest absolute Gasteiger partial charge is 0.462 e. The van der Waals surface area contributed by atoms with Gasteiger partial charge >= 0.3 is 29.8 Å². The number of benzene rings is 1. The Bertz CT molecular complexity index is 1700. The zero-order chi connectivity index (χ0) is 30.7. The van der Waals surface area contributed by atoms with Crippen LogP contribution in [0.4, 0.5) is 0 Å². The SMILES string of the molecule is CC(=O)OC[C@@H](OC(C)=O)[C@@H](OC(C)=O)[C@H](OC(C)=O)[C@@H](OC(C)=O)c1nnc2nc3c(nn12)c1ccccc1n3C. The topological polar surface area (TPSA) is 192 Å². The fourth-order valence-electron chi connectivity index (χ4n) is 4.50. The van der Waals surface area contributed by atoms with Crippen LogP contribution in [-0.2, 0) is 54.7 Å². The summed E-state index contributed by atoms with van der Waals surface area (Å²) in [4.78, 5) is 65.0. The van der Waals surface area contributed by atoms with Crippen LogP contribution in [0.2, 0.25) is 0 Å². The summed E-state index contributed by atoms with van der Waals surface area (Å²) in [6.45, 7) is 4.83. The van der Waals surface area contributed by atoms with Gasteiger partial charge in [-0.3, -0.25) is 24.0 Å². The van der Waals surface area contributed by atoms with E-state index in [0.29, 0.717) is 11.2 Å². The first kappa shape index (κ1) is 29.8. The molecule has 0 aliphatic rings. The van der Waals surface area contributed by atoms with E-state index in [1.165, 1.54) is 4.52 Å². The highest BCUT2D eigenvalue weighted by molar-refractivity contribution is 6.04. The highest BCUT2D eigenvalue weighted by atomic mass is 16.6. The Morgan fingerprint density at radius 3 is 2.02 bits per heavy atom. The Labute approximate surface area is 237 Å². The van der Waals surface area contributed by atoms with E-state index in [1.54, 1.807) is 0 Å². The van der Waals surface area contributed by atoms with Crippen LogP contribution in [0.15, 0.2) is 24.3 Å². The highest BCUT2D eigenvalue weighted by Gasteiger charge is 2.46. The number of aromatic nitrogens is 6. The molecule has 4 rings (SSSR count). The summed E-state index contributed by atoms with van der Waals surface area (Å²) in [6.07, 6.45) is -6.45. The van der Waals surface area contributed by atoms with Crippen molar-refractivity contribution in [3.05, 3.63) is 30.1 Å². The molecule has 3 heterocycles. The number of carbonyl (C=O) groups is 5. The van der Waals surface area contributed by atoms with Crippen molar-refractivity contribution >= 4 is 57.7 Å². The second-order valence-electron chi connectivity index (χ2n) is 9.26. The fourth-order valence-corrected chi connectivity index (χ4v) is 4.50. The van der Waals surface area contributed by atoms with E-state index < -0.39 is 60.9 Å². The van der Waals surface area contributed by atoms with Crippen LogP contribution in [0.1, 0.15) is 46.5 Å². The minimum Gasteiger partial charge on any atom is -0.462 e. The standard InChI is InChI=1S/C26H28N6O10/c1-12(33)38-11-19(39-13(2)34)21(40-14(3)35)22(41-15(4)36)23(42-16(5)37)25-28-29-26-27-24-20(30-32(25)26)17-9-7-8-10-18(17)31(24)6/h7-10,19,21-23H,11H2,1-6H3/t19-,21-,22+,23-/m1/s1. The van der Waals surface area contributed by atoms with E-state index in [0.717, 1.165) is 45.5 Å². The molecule has 0 aliphatic heterocycles. The summed E-state index contributed by atoms with van der Waals surface area (Å²) in [6, 6.07) is 7.44. The summed E-state index contributed by atoms with van der Waals surface area (Å²) in [5.74, 6) is -4.28. The second kappa shape index (κ2) is 12.2. The molecule has 4 atom stereocenters. The molecule has 0 fully saturated rings. The van der Waals surface area contributed by atoms with Gasteiger partial charge in [-0.2, -0.15) is 14.6 Å². The lowest BCUT2D eigenvalue weighted by Gasteiger charge is -2.34. The molecule has 1 aromatic carbocycles. The number of rotatable bonds is 10. The molecule has 0 bridgehead atoms. The molecule has 0 unspecified atom stereocenters. The number of fused-ring (bicyclic) bond motifs is 4. The van der Waals surface area contributed by atoms with Crippen molar-refractivity contribution in [3.8, 4) is 0 Å². The predicted octanol–water partition coefficient (Wildman–Crippen LogP) is 1.13. The zero-order valence-corrected chi connectivity index (χ0v) is 23.6. The highest BCUT2D eigenvalue weighted by Crippen LogP contribution is 2.31. The van der Waals surface area contributed by atoms with Gasteiger partial charge in [-0.05, 0) is 6.07 Å². The van der Waals surface area contributed by atoms with Gasteiger partial charge in [0.2, 0.25) is 11.9 Å². The molecule has 0 radical (unpaired) electrons. The number of carbonyl (C=O) groups excluding carboxylic acids is 5.